The Morgan fingerprint density at radius 1 is 1.64 bits per heavy atom. The van der Waals surface area contributed by atoms with Crippen LogP contribution in [0.4, 0.5) is 11.6 Å². The summed E-state index contributed by atoms with van der Waals surface area (Å²) in [6.45, 7) is 2.47. The Hall–Kier alpha value is -1.63. The largest absolute Gasteiger partial charge is 0.363 e. The highest BCUT2D eigenvalue weighted by Gasteiger charge is 2.28. The van der Waals surface area contributed by atoms with Gasteiger partial charge in [-0.2, -0.15) is 4.98 Å². The lowest BCUT2D eigenvalue weighted by atomic mass is 10.6. The van der Waals surface area contributed by atoms with E-state index in [0.29, 0.717) is 18.2 Å². The fourth-order valence-electron chi connectivity index (χ4n) is 1.31. The van der Waals surface area contributed by atoms with Crippen molar-refractivity contribution in [2.75, 3.05) is 23.9 Å². The third kappa shape index (κ3) is 1.31. The van der Waals surface area contributed by atoms with E-state index in [1.54, 1.807) is 4.90 Å². The van der Waals surface area contributed by atoms with Gasteiger partial charge in [0.1, 0.15) is 0 Å². The average molecular weight is 197 g/mol. The molecule has 0 bridgehead atoms. The molecule has 76 valence electrons. The Labute approximate surface area is 80.1 Å². The molecule has 1 unspecified atom stereocenters. The second-order valence-corrected chi connectivity index (χ2v) is 2.88. The van der Waals surface area contributed by atoms with Crippen molar-refractivity contribution in [1.82, 2.24) is 15.2 Å². The maximum absolute atomic E-state index is 10.9. The van der Waals surface area contributed by atoms with E-state index < -0.39 is 5.69 Å². The van der Waals surface area contributed by atoms with E-state index in [9.17, 15) is 4.79 Å². The van der Waals surface area contributed by atoms with Crippen LogP contribution < -0.4 is 15.9 Å². The van der Waals surface area contributed by atoms with Crippen LogP contribution in [0.2, 0.25) is 0 Å². The number of rotatable bonds is 2. The molecule has 1 aromatic rings. The van der Waals surface area contributed by atoms with Crippen LogP contribution in [0.3, 0.4) is 0 Å². The second-order valence-electron chi connectivity index (χ2n) is 2.88. The quantitative estimate of drug-likeness (QED) is 0.655. The molecule has 0 saturated carbocycles. The van der Waals surface area contributed by atoms with Gasteiger partial charge in [-0.3, -0.25) is 0 Å². The first-order valence-corrected chi connectivity index (χ1v) is 4.30. The number of nitrogens with zero attached hydrogens (tertiary/aromatic N) is 3. The van der Waals surface area contributed by atoms with E-state index in [1.807, 2.05) is 14.0 Å². The number of anilines is 2. The zero-order valence-electron chi connectivity index (χ0n) is 7.94. The van der Waals surface area contributed by atoms with Gasteiger partial charge in [-0.05, 0) is 6.92 Å². The summed E-state index contributed by atoms with van der Waals surface area (Å²) < 4.78 is 5.36. The predicted octanol–water partition coefficient (Wildman–Crippen LogP) is -0.653. The molecule has 0 fully saturated rings. The van der Waals surface area contributed by atoms with Gasteiger partial charge < -0.3 is 15.0 Å². The van der Waals surface area contributed by atoms with Crippen molar-refractivity contribution in [3.63, 3.8) is 0 Å². The summed E-state index contributed by atoms with van der Waals surface area (Å²) in [6, 6.07) is 0. The molecule has 1 atom stereocenters. The first kappa shape index (κ1) is 8.95. The van der Waals surface area contributed by atoms with E-state index in [-0.39, 0.29) is 6.35 Å². The molecule has 7 heteroatoms. The minimum absolute atomic E-state index is 0.301. The molecule has 2 rings (SSSR count). The normalized spacial score (nSPS) is 19.3. The molecule has 0 aromatic carbocycles. The Kier molecular flexibility index (Phi) is 2.08. The van der Waals surface area contributed by atoms with Gasteiger partial charge in [-0.1, -0.05) is 0 Å². The second kappa shape index (κ2) is 3.26. The zero-order chi connectivity index (χ0) is 10.1. The van der Waals surface area contributed by atoms with Crippen molar-refractivity contribution >= 4 is 11.6 Å². The minimum atomic E-state index is -0.471. The Morgan fingerprint density at radius 2 is 2.43 bits per heavy atom. The highest BCUT2D eigenvalue weighted by atomic mass is 16.5. The standard InChI is InChI=1S/C7H11N5O2/c1-3-14-7-9-4-5(12(7)2)10-11-6(13)8-4/h7H,3H2,1-2H3,(H2,8,9,11,13). The van der Waals surface area contributed by atoms with E-state index >= 15 is 0 Å². The van der Waals surface area contributed by atoms with Crippen LogP contribution in [0, 0.1) is 0 Å². The lowest BCUT2D eigenvalue weighted by Crippen LogP contribution is -2.35. The van der Waals surface area contributed by atoms with E-state index in [2.05, 4.69) is 20.5 Å². The molecule has 1 aliphatic rings. The number of ether oxygens (including phenoxy) is 1. The van der Waals surface area contributed by atoms with Crippen molar-refractivity contribution < 1.29 is 4.74 Å². The summed E-state index contributed by atoms with van der Waals surface area (Å²) >= 11 is 0. The summed E-state index contributed by atoms with van der Waals surface area (Å²) in [5.41, 5.74) is -0.471. The van der Waals surface area contributed by atoms with Crippen molar-refractivity contribution in [3.8, 4) is 0 Å². The monoisotopic (exact) mass is 197 g/mol. The van der Waals surface area contributed by atoms with Gasteiger partial charge >= 0.3 is 5.69 Å². The molecule has 1 aliphatic heterocycles. The molecule has 0 aliphatic carbocycles. The summed E-state index contributed by atoms with van der Waals surface area (Å²) in [5, 5.41) is 9.06. The third-order valence-corrected chi connectivity index (χ3v) is 1.95. The van der Waals surface area contributed by atoms with Crippen LogP contribution in [0.1, 0.15) is 6.92 Å². The van der Waals surface area contributed by atoms with Crippen LogP contribution in [-0.4, -0.2) is 35.2 Å². The molecule has 0 radical (unpaired) electrons. The van der Waals surface area contributed by atoms with Crippen LogP contribution in [-0.2, 0) is 4.74 Å². The lowest BCUT2D eigenvalue weighted by molar-refractivity contribution is 0.0873. The van der Waals surface area contributed by atoms with Crippen LogP contribution in [0.5, 0.6) is 0 Å². The van der Waals surface area contributed by atoms with Gasteiger partial charge in [0, 0.05) is 13.7 Å². The van der Waals surface area contributed by atoms with Crippen molar-refractivity contribution in [2.24, 2.45) is 0 Å². The molecule has 1 aromatic heterocycles. The fraction of sp³-hybridized carbons (Fsp3) is 0.571. The molecule has 7 nitrogen and oxygen atoms in total. The number of aromatic amines is 1. The van der Waals surface area contributed by atoms with Gasteiger partial charge in [0.15, 0.2) is 11.6 Å². The summed E-state index contributed by atoms with van der Waals surface area (Å²) in [7, 11) is 1.81. The molecule has 2 N–H and O–H groups in total. The smallest absolute Gasteiger partial charge is 0.341 e. The summed E-state index contributed by atoms with van der Waals surface area (Å²) in [5.74, 6) is 1.04. The van der Waals surface area contributed by atoms with Crippen LogP contribution in [0.15, 0.2) is 4.79 Å². The summed E-state index contributed by atoms with van der Waals surface area (Å²) in [4.78, 5) is 16.4. The molecule has 0 spiro atoms. The molecular formula is C7H11N5O2. The van der Waals surface area contributed by atoms with Crippen molar-refractivity contribution in [1.29, 1.82) is 0 Å². The number of H-pyrrole nitrogens is 1. The van der Waals surface area contributed by atoms with Crippen molar-refractivity contribution in [2.45, 2.75) is 13.3 Å². The highest BCUT2D eigenvalue weighted by Crippen LogP contribution is 2.27. The molecule has 0 amide bonds. The summed E-state index contributed by atoms with van der Waals surface area (Å²) in [6.07, 6.45) is -0.301. The number of aromatic nitrogens is 3. The van der Waals surface area contributed by atoms with Crippen LogP contribution >= 0.6 is 0 Å². The predicted molar refractivity (Wildman–Crippen MR) is 50.1 cm³/mol. The third-order valence-electron chi connectivity index (χ3n) is 1.95. The average Bonchev–Trinajstić information content (AvgIpc) is 2.44. The van der Waals surface area contributed by atoms with E-state index in [1.165, 1.54) is 0 Å². The fourth-order valence-corrected chi connectivity index (χ4v) is 1.31. The van der Waals surface area contributed by atoms with Crippen LogP contribution in [0.25, 0.3) is 0 Å². The minimum Gasteiger partial charge on any atom is -0.341 e. The Bertz CT molecular complexity index is 390. The number of fused-ring (bicyclic) bond motifs is 1. The molecule has 2 heterocycles. The SMILES string of the molecule is CCOC1Nc2nc(=O)[nH]nc2N1C. The Morgan fingerprint density at radius 3 is 3.14 bits per heavy atom. The topological polar surface area (TPSA) is 83.1 Å². The number of hydrogen-bond acceptors (Lipinski definition) is 6. The zero-order valence-corrected chi connectivity index (χ0v) is 7.94. The Balaban J connectivity index is 2.30. The maximum atomic E-state index is 10.9. The lowest BCUT2D eigenvalue weighted by Gasteiger charge is -2.19. The molecule has 14 heavy (non-hydrogen) atoms. The van der Waals surface area contributed by atoms with Gasteiger partial charge in [-0.25, -0.2) is 9.89 Å². The van der Waals surface area contributed by atoms with Gasteiger partial charge in [0.2, 0.25) is 6.35 Å². The highest BCUT2D eigenvalue weighted by molar-refractivity contribution is 5.65. The number of nitrogens with one attached hydrogen (secondary N) is 2. The van der Waals surface area contributed by atoms with Gasteiger partial charge in [-0.15, -0.1) is 5.10 Å². The van der Waals surface area contributed by atoms with Gasteiger partial charge in [0.05, 0.1) is 0 Å². The molecule has 0 saturated heterocycles. The number of hydrogen-bond donors (Lipinski definition) is 2. The first-order chi connectivity index (χ1) is 6.72. The van der Waals surface area contributed by atoms with Gasteiger partial charge in [0.25, 0.3) is 0 Å². The van der Waals surface area contributed by atoms with E-state index in [4.69, 9.17) is 4.74 Å². The molecular weight excluding hydrogens is 186 g/mol. The van der Waals surface area contributed by atoms with Crippen molar-refractivity contribution in [3.05, 3.63) is 10.5 Å². The first-order valence-electron chi connectivity index (χ1n) is 4.30. The van der Waals surface area contributed by atoms with E-state index in [0.717, 1.165) is 0 Å². The maximum Gasteiger partial charge on any atom is 0.363 e.